The van der Waals surface area contributed by atoms with Crippen molar-refractivity contribution in [2.24, 2.45) is 0 Å². The van der Waals surface area contributed by atoms with Crippen LogP contribution in [0, 0.1) is 0 Å². The molecule has 100 valence electrons. The lowest BCUT2D eigenvalue weighted by Crippen LogP contribution is -1.91. The van der Waals surface area contributed by atoms with Crippen molar-refractivity contribution in [3.63, 3.8) is 0 Å². The number of hydrogen-bond acceptors (Lipinski definition) is 4. The molecule has 0 spiro atoms. The third-order valence-corrected chi connectivity index (χ3v) is 3.84. The van der Waals surface area contributed by atoms with E-state index in [-0.39, 0.29) is 0 Å². The first-order valence-corrected chi connectivity index (χ1v) is 7.44. The summed E-state index contributed by atoms with van der Waals surface area (Å²) in [6, 6.07) is 13.6. The zero-order valence-electron chi connectivity index (χ0n) is 11.0. The summed E-state index contributed by atoms with van der Waals surface area (Å²) in [5.74, 6) is 1.57. The normalized spacial score (nSPS) is 10.7. The van der Waals surface area contributed by atoms with E-state index in [0.717, 1.165) is 28.0 Å². The van der Waals surface area contributed by atoms with Crippen molar-refractivity contribution in [3.05, 3.63) is 54.9 Å². The van der Waals surface area contributed by atoms with Crippen molar-refractivity contribution < 1.29 is 4.74 Å². The van der Waals surface area contributed by atoms with Gasteiger partial charge in [0.05, 0.1) is 0 Å². The van der Waals surface area contributed by atoms with E-state index in [9.17, 15) is 0 Å². The number of anilines is 1. The van der Waals surface area contributed by atoms with Gasteiger partial charge in [0.25, 0.3) is 0 Å². The fraction of sp³-hybridized carbons (Fsp3) is 0.0625. The molecule has 0 saturated carbocycles. The minimum absolute atomic E-state index is 0.729. The molecule has 3 nitrogen and oxygen atoms in total. The number of pyridine rings is 1. The van der Waals surface area contributed by atoms with E-state index < -0.39 is 0 Å². The van der Waals surface area contributed by atoms with Crippen LogP contribution in [0.5, 0.6) is 11.5 Å². The number of aromatic nitrogens is 1. The Kier molecular flexibility index (Phi) is 3.48. The first-order chi connectivity index (χ1) is 9.78. The number of hydrogen-bond donors (Lipinski definition) is 1. The van der Waals surface area contributed by atoms with Gasteiger partial charge in [-0.2, -0.15) is 0 Å². The van der Waals surface area contributed by atoms with Crippen molar-refractivity contribution in [1.82, 2.24) is 4.98 Å². The Morgan fingerprint density at radius 2 is 1.80 bits per heavy atom. The van der Waals surface area contributed by atoms with E-state index in [4.69, 9.17) is 10.5 Å². The molecule has 0 aliphatic rings. The maximum Gasteiger partial charge on any atom is 0.136 e. The molecule has 0 bridgehead atoms. The van der Waals surface area contributed by atoms with Gasteiger partial charge < -0.3 is 10.5 Å². The Balaban J connectivity index is 2.00. The predicted molar refractivity (Wildman–Crippen MR) is 84.5 cm³/mol. The van der Waals surface area contributed by atoms with E-state index >= 15 is 0 Å². The highest BCUT2D eigenvalue weighted by atomic mass is 32.2. The monoisotopic (exact) mass is 282 g/mol. The molecule has 0 unspecified atom stereocenters. The van der Waals surface area contributed by atoms with Crippen LogP contribution in [0.25, 0.3) is 10.8 Å². The van der Waals surface area contributed by atoms with Gasteiger partial charge in [-0.25, -0.2) is 0 Å². The average molecular weight is 282 g/mol. The number of nitrogens with zero attached hydrogens (tertiary/aromatic N) is 1. The number of fused-ring (bicyclic) bond motifs is 1. The van der Waals surface area contributed by atoms with Gasteiger partial charge in [0.2, 0.25) is 0 Å². The van der Waals surface area contributed by atoms with Crippen LogP contribution < -0.4 is 10.5 Å². The Morgan fingerprint density at radius 1 is 1.00 bits per heavy atom. The molecular formula is C16H14N2OS. The zero-order valence-corrected chi connectivity index (χ0v) is 11.9. The van der Waals surface area contributed by atoms with Crippen LogP contribution >= 0.6 is 11.8 Å². The van der Waals surface area contributed by atoms with Crippen LogP contribution in [0.15, 0.2) is 59.8 Å². The lowest BCUT2D eigenvalue weighted by Gasteiger charge is -2.10. The van der Waals surface area contributed by atoms with Gasteiger partial charge in [0.15, 0.2) is 0 Å². The lowest BCUT2D eigenvalue weighted by atomic mass is 10.1. The second-order valence-electron chi connectivity index (χ2n) is 4.35. The van der Waals surface area contributed by atoms with E-state index in [1.54, 1.807) is 24.2 Å². The molecule has 3 aromatic rings. The quantitative estimate of drug-likeness (QED) is 0.573. The number of benzene rings is 2. The van der Waals surface area contributed by atoms with Crippen LogP contribution in [0.1, 0.15) is 0 Å². The zero-order chi connectivity index (χ0) is 13.9. The van der Waals surface area contributed by atoms with Crippen LogP contribution in [0.3, 0.4) is 0 Å². The molecule has 2 N–H and O–H groups in total. The predicted octanol–water partition coefficient (Wildman–Crippen LogP) is 4.33. The van der Waals surface area contributed by atoms with E-state index in [2.05, 4.69) is 11.2 Å². The van der Waals surface area contributed by atoms with Crippen molar-refractivity contribution in [2.75, 3.05) is 12.0 Å². The fourth-order valence-electron chi connectivity index (χ4n) is 2.05. The molecule has 0 atom stereocenters. The molecule has 4 heteroatoms. The second-order valence-corrected chi connectivity index (χ2v) is 5.23. The molecule has 0 saturated heterocycles. The summed E-state index contributed by atoms with van der Waals surface area (Å²) in [6.07, 6.45) is 5.56. The Morgan fingerprint density at radius 3 is 2.55 bits per heavy atom. The standard InChI is InChI=1S/C16H14N2OS/c1-20-12-4-2-11(3-5-12)19-16-7-6-15(17)13-8-9-18-10-14(13)16/h2-10H,17H2,1H3. The molecule has 0 aliphatic heterocycles. The van der Waals surface area contributed by atoms with E-state index in [1.165, 1.54) is 4.90 Å². The minimum atomic E-state index is 0.729. The third-order valence-electron chi connectivity index (χ3n) is 3.10. The van der Waals surface area contributed by atoms with Crippen molar-refractivity contribution in [1.29, 1.82) is 0 Å². The highest BCUT2D eigenvalue weighted by molar-refractivity contribution is 7.98. The number of ether oxygens (including phenoxy) is 1. The van der Waals surface area contributed by atoms with Crippen LogP contribution in [0.4, 0.5) is 5.69 Å². The number of thioether (sulfide) groups is 1. The van der Waals surface area contributed by atoms with Crippen LogP contribution in [-0.4, -0.2) is 11.2 Å². The van der Waals surface area contributed by atoms with Gasteiger partial charge in [0, 0.05) is 33.7 Å². The smallest absolute Gasteiger partial charge is 0.136 e. The minimum Gasteiger partial charge on any atom is -0.457 e. The number of rotatable bonds is 3. The second kappa shape index (κ2) is 5.43. The molecule has 3 rings (SSSR count). The molecule has 1 heterocycles. The van der Waals surface area contributed by atoms with Crippen LogP contribution in [-0.2, 0) is 0 Å². The summed E-state index contributed by atoms with van der Waals surface area (Å²) >= 11 is 1.71. The summed E-state index contributed by atoms with van der Waals surface area (Å²) in [6.45, 7) is 0. The van der Waals surface area contributed by atoms with Crippen molar-refractivity contribution in [2.45, 2.75) is 4.90 Å². The summed E-state index contributed by atoms with van der Waals surface area (Å²) in [4.78, 5) is 5.35. The summed E-state index contributed by atoms with van der Waals surface area (Å²) in [5, 5.41) is 1.87. The van der Waals surface area contributed by atoms with Gasteiger partial charge in [-0.05, 0) is 48.7 Å². The van der Waals surface area contributed by atoms with Gasteiger partial charge in [-0.3, -0.25) is 4.98 Å². The topological polar surface area (TPSA) is 48.1 Å². The Labute approximate surface area is 121 Å². The fourth-order valence-corrected chi connectivity index (χ4v) is 2.46. The maximum absolute atomic E-state index is 5.97. The highest BCUT2D eigenvalue weighted by Gasteiger charge is 2.06. The molecule has 0 amide bonds. The lowest BCUT2D eigenvalue weighted by molar-refractivity contribution is 0.488. The molecular weight excluding hydrogens is 268 g/mol. The van der Waals surface area contributed by atoms with Crippen molar-refractivity contribution in [3.8, 4) is 11.5 Å². The summed E-state index contributed by atoms with van der Waals surface area (Å²) < 4.78 is 5.94. The first-order valence-electron chi connectivity index (χ1n) is 6.22. The highest BCUT2D eigenvalue weighted by Crippen LogP contribution is 2.33. The molecule has 1 aromatic heterocycles. The molecule has 2 aromatic carbocycles. The summed E-state index contributed by atoms with van der Waals surface area (Å²) in [5.41, 5.74) is 6.70. The van der Waals surface area contributed by atoms with Crippen LogP contribution in [0.2, 0.25) is 0 Å². The molecule has 0 radical (unpaired) electrons. The molecule has 0 aliphatic carbocycles. The Hall–Kier alpha value is -2.20. The van der Waals surface area contributed by atoms with Gasteiger partial charge in [-0.15, -0.1) is 11.8 Å². The third kappa shape index (κ3) is 2.42. The largest absolute Gasteiger partial charge is 0.457 e. The van der Waals surface area contributed by atoms with Gasteiger partial charge >= 0.3 is 0 Å². The average Bonchev–Trinajstić information content (AvgIpc) is 2.51. The first kappa shape index (κ1) is 12.8. The molecule has 20 heavy (non-hydrogen) atoms. The Bertz CT molecular complexity index is 741. The number of nitrogen functional groups attached to an aromatic ring is 1. The van der Waals surface area contributed by atoms with E-state index in [1.807, 2.05) is 42.5 Å². The van der Waals surface area contributed by atoms with Crippen molar-refractivity contribution >= 4 is 28.2 Å². The van der Waals surface area contributed by atoms with Gasteiger partial charge in [0.1, 0.15) is 11.5 Å². The van der Waals surface area contributed by atoms with Gasteiger partial charge in [-0.1, -0.05) is 0 Å². The summed E-state index contributed by atoms with van der Waals surface area (Å²) in [7, 11) is 0. The SMILES string of the molecule is CSc1ccc(Oc2ccc(N)c3ccncc23)cc1. The van der Waals surface area contributed by atoms with E-state index in [0.29, 0.717) is 0 Å². The maximum atomic E-state index is 5.97. The molecule has 0 fully saturated rings. The number of nitrogens with two attached hydrogens (primary N) is 1.